The average Bonchev–Trinajstić information content (AvgIpc) is 2.69. The Hall–Kier alpha value is -2.03. The van der Waals surface area contributed by atoms with Gasteiger partial charge in [-0.15, -0.1) is 0 Å². The highest BCUT2D eigenvalue weighted by Crippen LogP contribution is 2.27. The van der Waals surface area contributed by atoms with E-state index >= 15 is 0 Å². The Morgan fingerprint density at radius 3 is 2.52 bits per heavy atom. The number of rotatable bonds is 4. The maximum absolute atomic E-state index is 12.5. The van der Waals surface area contributed by atoms with E-state index < -0.39 is 0 Å². The van der Waals surface area contributed by atoms with E-state index in [1.54, 1.807) is 25.3 Å². The number of amides is 3. The largest absolute Gasteiger partial charge is 0.495 e. The third-order valence-corrected chi connectivity index (χ3v) is 5.10. The predicted molar refractivity (Wildman–Crippen MR) is 102 cm³/mol. The summed E-state index contributed by atoms with van der Waals surface area (Å²) in [5.41, 5.74) is 0.565. The summed E-state index contributed by atoms with van der Waals surface area (Å²) in [4.78, 5) is 29.8. The quantitative estimate of drug-likeness (QED) is 0.746. The summed E-state index contributed by atoms with van der Waals surface area (Å²) in [6.07, 6.45) is 0. The van der Waals surface area contributed by atoms with Gasteiger partial charge < -0.3 is 29.5 Å². The van der Waals surface area contributed by atoms with Crippen LogP contribution < -0.4 is 15.0 Å². The molecule has 3 amide bonds. The fourth-order valence-electron chi connectivity index (χ4n) is 3.34. The van der Waals surface area contributed by atoms with Crippen LogP contribution in [0, 0.1) is 0 Å². The number of halogens is 1. The van der Waals surface area contributed by atoms with Crippen LogP contribution >= 0.6 is 11.6 Å². The third-order valence-electron chi connectivity index (χ3n) is 4.87. The third kappa shape index (κ3) is 5.24. The summed E-state index contributed by atoms with van der Waals surface area (Å²) in [6, 6.07) is 5.18. The summed E-state index contributed by atoms with van der Waals surface area (Å²) in [7, 11) is 1.55. The van der Waals surface area contributed by atoms with Crippen LogP contribution in [0.4, 0.5) is 10.5 Å². The van der Waals surface area contributed by atoms with Crippen LogP contribution in [0.5, 0.6) is 5.75 Å². The molecule has 27 heavy (non-hydrogen) atoms. The van der Waals surface area contributed by atoms with Crippen molar-refractivity contribution >= 4 is 29.2 Å². The number of urea groups is 1. The van der Waals surface area contributed by atoms with E-state index in [1.807, 2.05) is 9.80 Å². The van der Waals surface area contributed by atoms with Gasteiger partial charge in [0.05, 0.1) is 52.2 Å². The second kappa shape index (κ2) is 9.25. The molecule has 2 aliphatic heterocycles. The smallest absolute Gasteiger partial charge is 0.320 e. The van der Waals surface area contributed by atoms with E-state index in [9.17, 15) is 9.59 Å². The topological polar surface area (TPSA) is 75.5 Å². The number of methoxy groups -OCH3 is 1. The molecular weight excluding hydrogens is 372 g/mol. The fraction of sp³-hybridized carbons (Fsp3) is 0.556. The molecule has 0 saturated carbocycles. The van der Waals surface area contributed by atoms with Gasteiger partial charge in [0.1, 0.15) is 5.75 Å². The molecule has 1 aromatic rings. The van der Waals surface area contributed by atoms with Crippen LogP contribution in [-0.2, 0) is 9.53 Å². The molecule has 9 heteroatoms. The molecule has 8 nitrogen and oxygen atoms in total. The highest BCUT2D eigenvalue weighted by atomic mass is 35.5. The zero-order chi connectivity index (χ0) is 19.2. The second-order valence-electron chi connectivity index (χ2n) is 6.69. The number of carbonyl (C=O) groups is 2. The summed E-state index contributed by atoms with van der Waals surface area (Å²) in [5.74, 6) is 0.474. The molecule has 2 saturated heterocycles. The highest BCUT2D eigenvalue weighted by molar-refractivity contribution is 6.31. The highest BCUT2D eigenvalue weighted by Gasteiger charge is 2.29. The van der Waals surface area contributed by atoms with Crippen LogP contribution in [0.25, 0.3) is 0 Å². The second-order valence-corrected chi connectivity index (χ2v) is 7.13. The monoisotopic (exact) mass is 397 g/mol. The van der Waals surface area contributed by atoms with E-state index in [1.165, 1.54) is 0 Å². The Morgan fingerprint density at radius 1 is 1.19 bits per heavy atom. The summed E-state index contributed by atoms with van der Waals surface area (Å²) < 4.78 is 10.5. The molecule has 0 radical (unpaired) electrons. The number of hydrogen-bond acceptors (Lipinski definition) is 4. The van der Waals surface area contributed by atoms with E-state index in [2.05, 4.69) is 5.32 Å². The van der Waals surface area contributed by atoms with Gasteiger partial charge in [-0.05, 0) is 18.2 Å². The first-order valence-electron chi connectivity index (χ1n) is 9.15. The lowest BCUT2D eigenvalue weighted by Gasteiger charge is -2.36. The molecule has 148 valence electrons. The maximum atomic E-state index is 12.5. The summed E-state index contributed by atoms with van der Waals surface area (Å²) >= 11 is 6.00. The van der Waals surface area contributed by atoms with Gasteiger partial charge in [0.2, 0.25) is 0 Å². The summed E-state index contributed by atoms with van der Waals surface area (Å²) in [5, 5.41) is 3.40. The van der Waals surface area contributed by atoms with Gasteiger partial charge in [-0.1, -0.05) is 11.6 Å². The van der Waals surface area contributed by atoms with Crippen LogP contribution in [-0.4, -0.2) is 87.9 Å². The molecule has 3 rings (SSSR count). The molecule has 2 N–H and O–H groups in total. The van der Waals surface area contributed by atoms with Crippen LogP contribution in [0.1, 0.15) is 0 Å². The van der Waals surface area contributed by atoms with Gasteiger partial charge in [-0.3, -0.25) is 4.79 Å². The molecule has 2 aliphatic rings. The number of morpholine rings is 1. The standard InChI is InChI=1S/C18H25ClN4O4/c1-26-16-3-2-14(19)12-15(16)20-17(24)13-21-4-6-22(7-5-21)18(25)23-8-10-27-11-9-23/h2-3,12H,4-11,13H2,1H3,(H,20,24)/p+1. The van der Waals surface area contributed by atoms with E-state index in [4.69, 9.17) is 21.1 Å². The number of benzene rings is 1. The predicted octanol–water partition coefficient (Wildman–Crippen LogP) is -0.0602. The molecular formula is C18H26ClN4O4+. The number of piperazine rings is 1. The average molecular weight is 398 g/mol. The van der Waals surface area contributed by atoms with E-state index in [0.29, 0.717) is 62.4 Å². The minimum Gasteiger partial charge on any atom is -0.495 e. The Morgan fingerprint density at radius 2 is 1.85 bits per heavy atom. The number of anilines is 1. The van der Waals surface area contributed by atoms with Gasteiger partial charge in [-0.2, -0.15) is 0 Å². The van der Waals surface area contributed by atoms with Gasteiger partial charge in [0.15, 0.2) is 6.54 Å². The van der Waals surface area contributed by atoms with Crippen molar-refractivity contribution in [3.05, 3.63) is 23.2 Å². The lowest BCUT2D eigenvalue weighted by atomic mass is 10.2. The molecule has 1 aromatic carbocycles. The minimum absolute atomic E-state index is 0.0745. The van der Waals surface area contributed by atoms with Crippen LogP contribution in [0.2, 0.25) is 5.02 Å². The number of quaternary nitrogens is 1. The van der Waals surface area contributed by atoms with Gasteiger partial charge >= 0.3 is 6.03 Å². The van der Waals surface area contributed by atoms with Crippen molar-refractivity contribution in [1.29, 1.82) is 0 Å². The van der Waals surface area contributed by atoms with Crippen molar-refractivity contribution in [2.75, 3.05) is 71.5 Å². The first-order chi connectivity index (χ1) is 13.1. The fourth-order valence-corrected chi connectivity index (χ4v) is 3.52. The zero-order valence-electron chi connectivity index (χ0n) is 15.5. The van der Waals surface area contributed by atoms with Crippen molar-refractivity contribution in [2.24, 2.45) is 0 Å². The number of ether oxygens (including phenoxy) is 2. The van der Waals surface area contributed by atoms with Gasteiger partial charge in [0, 0.05) is 18.1 Å². The molecule has 0 aliphatic carbocycles. The molecule has 0 aromatic heterocycles. The normalized spacial score (nSPS) is 18.3. The lowest BCUT2D eigenvalue weighted by Crippen LogP contribution is -3.15. The minimum atomic E-state index is -0.0986. The summed E-state index contributed by atoms with van der Waals surface area (Å²) in [6.45, 7) is 5.64. The van der Waals surface area contributed by atoms with Crippen LogP contribution in [0.15, 0.2) is 18.2 Å². The van der Waals surface area contributed by atoms with Crippen molar-refractivity contribution in [3.63, 3.8) is 0 Å². The maximum Gasteiger partial charge on any atom is 0.320 e. The lowest BCUT2D eigenvalue weighted by molar-refractivity contribution is -0.895. The van der Waals surface area contributed by atoms with Crippen molar-refractivity contribution in [2.45, 2.75) is 0 Å². The van der Waals surface area contributed by atoms with Gasteiger partial charge in [-0.25, -0.2) is 4.79 Å². The van der Waals surface area contributed by atoms with Crippen molar-refractivity contribution in [1.82, 2.24) is 9.80 Å². The number of carbonyl (C=O) groups excluding carboxylic acids is 2. The van der Waals surface area contributed by atoms with Crippen molar-refractivity contribution < 1.29 is 24.0 Å². The molecule has 0 spiro atoms. The molecule has 0 bridgehead atoms. The molecule has 2 heterocycles. The number of nitrogens with one attached hydrogen (secondary N) is 2. The Bertz CT molecular complexity index is 673. The van der Waals surface area contributed by atoms with E-state index in [0.717, 1.165) is 18.0 Å². The molecule has 2 fully saturated rings. The Balaban J connectivity index is 1.47. The van der Waals surface area contributed by atoms with E-state index in [-0.39, 0.29) is 11.9 Å². The molecule has 0 unspecified atom stereocenters. The Labute approximate surface area is 163 Å². The SMILES string of the molecule is COc1ccc(Cl)cc1NC(=O)C[NH+]1CCN(C(=O)N2CCOCC2)CC1. The number of hydrogen-bond donors (Lipinski definition) is 2. The molecule has 0 atom stereocenters. The number of nitrogens with zero attached hydrogens (tertiary/aromatic N) is 2. The van der Waals surface area contributed by atoms with Crippen LogP contribution in [0.3, 0.4) is 0 Å². The zero-order valence-corrected chi connectivity index (χ0v) is 16.3. The first kappa shape index (κ1) is 19.7. The van der Waals surface area contributed by atoms with Crippen molar-refractivity contribution in [3.8, 4) is 5.75 Å². The first-order valence-corrected chi connectivity index (χ1v) is 9.53. The Kier molecular flexibility index (Phi) is 6.76. The van der Waals surface area contributed by atoms with Gasteiger partial charge in [0.25, 0.3) is 5.91 Å².